The van der Waals surface area contributed by atoms with Gasteiger partial charge in [-0.3, -0.25) is 0 Å². The van der Waals surface area contributed by atoms with Crippen molar-refractivity contribution in [1.82, 2.24) is 9.62 Å². The Morgan fingerprint density at radius 3 is 2.07 bits per heavy atom. The first-order chi connectivity index (χ1) is 13.2. The van der Waals surface area contributed by atoms with Gasteiger partial charge in [-0.05, 0) is 65.2 Å². The van der Waals surface area contributed by atoms with Gasteiger partial charge in [0.05, 0.1) is 22.1 Å². The summed E-state index contributed by atoms with van der Waals surface area (Å²) in [6.45, 7) is 9.66. The van der Waals surface area contributed by atoms with Crippen LogP contribution < -0.4 is 4.72 Å². The Bertz CT molecular complexity index is 735. The van der Waals surface area contributed by atoms with Crippen LogP contribution in [0.25, 0.3) is 0 Å². The molecule has 1 N–H and O–H groups in total. The molecule has 29 heavy (non-hydrogen) atoms. The van der Waals surface area contributed by atoms with Crippen molar-refractivity contribution < 1.29 is 26.9 Å². The van der Waals surface area contributed by atoms with E-state index in [0.29, 0.717) is 31.5 Å². The highest BCUT2D eigenvalue weighted by molar-refractivity contribution is 7.83. The Kier molecular flexibility index (Phi) is 7.05. The van der Waals surface area contributed by atoms with Gasteiger partial charge >= 0.3 is 12.3 Å². The molecule has 2 rings (SSSR count). The van der Waals surface area contributed by atoms with Gasteiger partial charge in [0, 0.05) is 18.3 Å². The van der Waals surface area contributed by atoms with E-state index in [9.17, 15) is 22.2 Å². The number of rotatable bonds is 4. The number of hydrogen-bond acceptors (Lipinski definition) is 3. The van der Waals surface area contributed by atoms with Crippen LogP contribution in [-0.4, -0.2) is 39.1 Å². The molecule has 0 radical (unpaired) electrons. The maximum Gasteiger partial charge on any atom is 0.416 e. The van der Waals surface area contributed by atoms with E-state index in [2.05, 4.69) is 4.72 Å². The summed E-state index contributed by atoms with van der Waals surface area (Å²) < 4.78 is 59.8. The molecule has 1 aliphatic heterocycles. The lowest BCUT2D eigenvalue weighted by Gasteiger charge is -2.43. The summed E-state index contributed by atoms with van der Waals surface area (Å²) >= 11 is 0. The van der Waals surface area contributed by atoms with Gasteiger partial charge in [0.15, 0.2) is 0 Å². The van der Waals surface area contributed by atoms with Gasteiger partial charge in [0.25, 0.3) is 0 Å². The molecule has 5 nitrogen and oxygen atoms in total. The van der Waals surface area contributed by atoms with Crippen molar-refractivity contribution in [3.8, 4) is 0 Å². The van der Waals surface area contributed by atoms with Crippen LogP contribution >= 0.6 is 0 Å². The standard InChI is InChI=1S/C20H29F3N2O3S/c1-14(2)29(27)24-19(15-6-8-16(9-7-15)20(21,22)23)10-12-25(13-11-19)17(26)28-18(3,4)5/h6-9,14,24H,10-13H2,1-5H3. The van der Waals surface area contributed by atoms with Gasteiger partial charge in [-0.1, -0.05) is 12.1 Å². The summed E-state index contributed by atoms with van der Waals surface area (Å²) in [7, 11) is -1.38. The lowest BCUT2D eigenvalue weighted by Crippen LogP contribution is -2.54. The first-order valence-electron chi connectivity index (χ1n) is 9.58. The smallest absolute Gasteiger partial charge is 0.416 e. The molecule has 1 aromatic carbocycles. The predicted octanol–water partition coefficient (Wildman–Crippen LogP) is 4.59. The van der Waals surface area contributed by atoms with Gasteiger partial charge in [0.2, 0.25) is 0 Å². The van der Waals surface area contributed by atoms with E-state index in [-0.39, 0.29) is 5.25 Å². The third-order valence-corrected chi connectivity index (χ3v) is 6.21. The molecule has 1 amide bonds. The molecule has 0 spiro atoms. The summed E-state index contributed by atoms with van der Waals surface area (Å²) in [4.78, 5) is 13.9. The number of carbonyl (C=O) groups is 1. The first-order valence-corrected chi connectivity index (χ1v) is 10.8. The second kappa shape index (κ2) is 8.63. The number of ether oxygens (including phenoxy) is 1. The molecule has 1 aromatic rings. The second-order valence-electron chi connectivity index (χ2n) is 8.57. The number of likely N-dealkylation sites (tertiary alicyclic amines) is 1. The van der Waals surface area contributed by atoms with E-state index >= 15 is 0 Å². The summed E-state index contributed by atoms with van der Waals surface area (Å²) in [6, 6.07) is 4.93. The third-order valence-electron chi connectivity index (χ3n) is 4.76. The Labute approximate surface area is 172 Å². The average Bonchev–Trinajstić information content (AvgIpc) is 2.60. The number of benzene rings is 1. The highest BCUT2D eigenvalue weighted by Gasteiger charge is 2.40. The van der Waals surface area contributed by atoms with E-state index < -0.39 is 40.0 Å². The van der Waals surface area contributed by atoms with Gasteiger partial charge < -0.3 is 9.64 Å². The second-order valence-corrected chi connectivity index (χ2v) is 10.3. The predicted molar refractivity (Wildman–Crippen MR) is 107 cm³/mol. The van der Waals surface area contributed by atoms with Crippen LogP contribution in [0.3, 0.4) is 0 Å². The summed E-state index contributed by atoms with van der Waals surface area (Å²) in [5.41, 5.74) is -1.50. The van der Waals surface area contributed by atoms with Crippen LogP contribution in [-0.2, 0) is 27.4 Å². The number of hydrogen-bond donors (Lipinski definition) is 1. The minimum atomic E-state index is -4.42. The van der Waals surface area contributed by atoms with Crippen molar-refractivity contribution in [2.75, 3.05) is 13.1 Å². The fourth-order valence-corrected chi connectivity index (χ4v) is 4.08. The SMILES string of the molecule is CC(C)S(=O)NC1(c2ccc(C(F)(F)F)cc2)CCN(C(=O)OC(C)(C)C)CC1. The summed E-state index contributed by atoms with van der Waals surface area (Å²) in [5.74, 6) is 0. The number of amides is 1. The Hall–Kier alpha value is -1.61. The van der Waals surface area contributed by atoms with Crippen LogP contribution in [0.1, 0.15) is 58.6 Å². The monoisotopic (exact) mass is 434 g/mol. The van der Waals surface area contributed by atoms with Crippen molar-refractivity contribution in [3.05, 3.63) is 35.4 Å². The van der Waals surface area contributed by atoms with Crippen LogP contribution in [0.5, 0.6) is 0 Å². The molecule has 1 aliphatic rings. The quantitative estimate of drug-likeness (QED) is 0.754. The molecule has 0 aliphatic carbocycles. The molecule has 1 unspecified atom stereocenters. The Morgan fingerprint density at radius 1 is 1.14 bits per heavy atom. The number of nitrogens with one attached hydrogen (secondary N) is 1. The van der Waals surface area contributed by atoms with Crippen LogP contribution in [0.15, 0.2) is 24.3 Å². The van der Waals surface area contributed by atoms with Gasteiger partial charge in [0.1, 0.15) is 5.60 Å². The highest BCUT2D eigenvalue weighted by atomic mass is 32.2. The number of alkyl halides is 3. The lowest BCUT2D eigenvalue weighted by molar-refractivity contribution is -0.137. The molecule has 0 bridgehead atoms. The van der Waals surface area contributed by atoms with E-state index in [1.54, 1.807) is 39.5 Å². The minimum Gasteiger partial charge on any atom is -0.444 e. The molecule has 1 saturated heterocycles. The molecule has 0 aromatic heterocycles. The lowest BCUT2D eigenvalue weighted by atomic mass is 9.81. The van der Waals surface area contributed by atoms with Crippen molar-refractivity contribution in [2.24, 2.45) is 0 Å². The molecular formula is C20H29F3N2O3S. The number of piperidine rings is 1. The van der Waals surface area contributed by atoms with Crippen molar-refractivity contribution in [3.63, 3.8) is 0 Å². The largest absolute Gasteiger partial charge is 0.444 e. The molecular weight excluding hydrogens is 405 g/mol. The van der Waals surface area contributed by atoms with E-state index in [1.165, 1.54) is 12.1 Å². The summed E-state index contributed by atoms with van der Waals surface area (Å²) in [6.07, 6.45) is -4.02. The topological polar surface area (TPSA) is 58.6 Å². The van der Waals surface area contributed by atoms with E-state index in [0.717, 1.165) is 12.1 Å². The average molecular weight is 435 g/mol. The molecule has 1 atom stereocenters. The zero-order valence-corrected chi connectivity index (χ0v) is 18.2. The van der Waals surface area contributed by atoms with Gasteiger partial charge in [-0.2, -0.15) is 13.2 Å². The maximum absolute atomic E-state index is 12.9. The highest BCUT2D eigenvalue weighted by Crippen LogP contribution is 2.36. The van der Waals surface area contributed by atoms with Crippen molar-refractivity contribution in [1.29, 1.82) is 0 Å². The molecule has 1 fully saturated rings. The minimum absolute atomic E-state index is 0.162. The molecule has 1 heterocycles. The number of carbonyl (C=O) groups excluding carboxylic acids is 1. The normalized spacial score (nSPS) is 18.6. The van der Waals surface area contributed by atoms with Crippen molar-refractivity contribution in [2.45, 2.75) is 70.0 Å². The van der Waals surface area contributed by atoms with Crippen LogP contribution in [0, 0.1) is 0 Å². The summed E-state index contributed by atoms with van der Waals surface area (Å²) in [5, 5.41) is -0.162. The zero-order valence-electron chi connectivity index (χ0n) is 17.4. The first kappa shape index (κ1) is 23.7. The fourth-order valence-electron chi connectivity index (χ4n) is 3.14. The van der Waals surface area contributed by atoms with Gasteiger partial charge in [-0.15, -0.1) is 0 Å². The van der Waals surface area contributed by atoms with Crippen molar-refractivity contribution >= 4 is 17.1 Å². The molecule has 9 heteroatoms. The molecule has 0 saturated carbocycles. The van der Waals surface area contributed by atoms with Gasteiger partial charge in [-0.25, -0.2) is 13.7 Å². The Morgan fingerprint density at radius 2 is 1.66 bits per heavy atom. The fraction of sp³-hybridized carbons (Fsp3) is 0.650. The van der Waals surface area contributed by atoms with E-state index in [1.807, 2.05) is 0 Å². The maximum atomic E-state index is 12.9. The third kappa shape index (κ3) is 6.18. The van der Waals surface area contributed by atoms with E-state index in [4.69, 9.17) is 4.74 Å². The molecule has 164 valence electrons. The number of halogens is 3. The van der Waals surface area contributed by atoms with Crippen LogP contribution in [0.2, 0.25) is 0 Å². The Balaban J connectivity index is 2.25. The van der Waals surface area contributed by atoms with Crippen LogP contribution in [0.4, 0.5) is 18.0 Å². The number of nitrogens with zero attached hydrogens (tertiary/aromatic N) is 1. The zero-order chi connectivity index (χ0) is 22.0.